The molecule has 0 spiro atoms. The molecule has 0 unspecified atom stereocenters. The summed E-state index contributed by atoms with van der Waals surface area (Å²) < 4.78 is 20.0. The van der Waals surface area contributed by atoms with Gasteiger partial charge in [-0.15, -0.1) is 0 Å². The van der Waals surface area contributed by atoms with E-state index in [4.69, 9.17) is 4.52 Å². The van der Waals surface area contributed by atoms with Gasteiger partial charge in [-0.3, -0.25) is 9.20 Å². The highest BCUT2D eigenvalue weighted by Gasteiger charge is 2.43. The van der Waals surface area contributed by atoms with E-state index in [0.717, 1.165) is 5.56 Å². The van der Waals surface area contributed by atoms with Gasteiger partial charge in [0.05, 0.1) is 12.1 Å². The van der Waals surface area contributed by atoms with Crippen LogP contribution >= 0.6 is 0 Å². The number of aromatic nitrogens is 5. The molecular formula is C19H15FN6O2. The lowest BCUT2D eigenvalue weighted by Gasteiger charge is -2.09. The van der Waals surface area contributed by atoms with E-state index in [1.54, 1.807) is 28.9 Å². The van der Waals surface area contributed by atoms with E-state index in [1.807, 2.05) is 19.1 Å². The normalized spacial score (nSPS) is 18.4. The Balaban J connectivity index is 1.43. The van der Waals surface area contributed by atoms with Crippen LogP contribution in [-0.2, 0) is 0 Å². The average Bonchev–Trinajstić information content (AvgIpc) is 3.12. The van der Waals surface area contributed by atoms with Gasteiger partial charge in [0, 0.05) is 23.6 Å². The number of rotatable bonds is 4. The molecule has 8 nitrogen and oxygen atoms in total. The number of imidazole rings is 1. The number of alkyl halides is 1. The van der Waals surface area contributed by atoms with Crippen LogP contribution in [0, 0.1) is 6.92 Å². The van der Waals surface area contributed by atoms with E-state index in [2.05, 4.69) is 25.4 Å². The monoisotopic (exact) mass is 378 g/mol. The van der Waals surface area contributed by atoms with Crippen LogP contribution in [0.15, 0.2) is 47.4 Å². The van der Waals surface area contributed by atoms with E-state index >= 15 is 0 Å². The molecule has 140 valence electrons. The van der Waals surface area contributed by atoms with Crippen molar-refractivity contribution in [3.05, 3.63) is 60.0 Å². The molecule has 1 aliphatic rings. The number of aryl methyl sites for hydroxylation is 1. The molecule has 4 aromatic rings. The first-order valence-electron chi connectivity index (χ1n) is 8.78. The zero-order valence-corrected chi connectivity index (χ0v) is 14.8. The van der Waals surface area contributed by atoms with Gasteiger partial charge < -0.3 is 9.84 Å². The van der Waals surface area contributed by atoms with Crippen LogP contribution in [0.1, 0.15) is 34.3 Å². The van der Waals surface area contributed by atoms with Gasteiger partial charge in [-0.05, 0) is 31.0 Å². The van der Waals surface area contributed by atoms with Crippen molar-refractivity contribution in [2.45, 2.75) is 25.4 Å². The number of nitrogens with zero attached hydrogens (tertiary/aromatic N) is 5. The Morgan fingerprint density at radius 3 is 3.04 bits per heavy atom. The van der Waals surface area contributed by atoms with E-state index in [0.29, 0.717) is 40.9 Å². The maximum absolute atomic E-state index is 13.2. The number of carbonyl (C=O) groups is 1. The Hall–Kier alpha value is -3.62. The first-order valence-corrected chi connectivity index (χ1v) is 8.78. The summed E-state index contributed by atoms with van der Waals surface area (Å²) in [7, 11) is 0. The van der Waals surface area contributed by atoms with E-state index < -0.39 is 6.17 Å². The smallest absolute Gasteiger partial charge is 0.274 e. The third kappa shape index (κ3) is 2.81. The molecule has 1 aliphatic carbocycles. The second kappa shape index (κ2) is 6.22. The number of fused-ring (bicyclic) bond motifs is 1. The second-order valence-electron chi connectivity index (χ2n) is 6.73. The third-order valence-electron chi connectivity index (χ3n) is 4.74. The van der Waals surface area contributed by atoms with Gasteiger partial charge in [0.15, 0.2) is 0 Å². The van der Waals surface area contributed by atoms with Crippen molar-refractivity contribution in [1.29, 1.82) is 0 Å². The van der Waals surface area contributed by atoms with Crippen molar-refractivity contribution in [1.82, 2.24) is 24.5 Å². The fraction of sp³-hybridized carbons (Fsp3) is 0.211. The molecule has 9 heteroatoms. The number of carbonyl (C=O) groups excluding carboxylic acids is 1. The van der Waals surface area contributed by atoms with E-state index in [9.17, 15) is 9.18 Å². The Morgan fingerprint density at radius 2 is 2.21 bits per heavy atom. The van der Waals surface area contributed by atoms with Crippen molar-refractivity contribution in [2.24, 2.45) is 0 Å². The average molecular weight is 378 g/mol. The van der Waals surface area contributed by atoms with Crippen LogP contribution in [0.3, 0.4) is 0 Å². The van der Waals surface area contributed by atoms with E-state index in [1.165, 1.54) is 6.20 Å². The second-order valence-corrected chi connectivity index (χ2v) is 6.73. The van der Waals surface area contributed by atoms with Gasteiger partial charge in [0.2, 0.25) is 17.5 Å². The van der Waals surface area contributed by atoms with Crippen molar-refractivity contribution in [3.8, 4) is 11.4 Å². The van der Waals surface area contributed by atoms with Crippen LogP contribution in [-0.4, -0.2) is 36.6 Å². The Kier molecular flexibility index (Phi) is 3.68. The molecule has 0 saturated heterocycles. The number of hydrogen-bond donors (Lipinski definition) is 1. The highest BCUT2D eigenvalue weighted by Crippen LogP contribution is 2.43. The lowest BCUT2D eigenvalue weighted by Crippen LogP contribution is -2.15. The van der Waals surface area contributed by atoms with Crippen molar-refractivity contribution in [3.63, 3.8) is 0 Å². The largest absolute Gasteiger partial charge is 0.339 e. The molecule has 0 aliphatic heterocycles. The van der Waals surface area contributed by atoms with E-state index in [-0.39, 0.29) is 11.8 Å². The van der Waals surface area contributed by atoms with Gasteiger partial charge >= 0.3 is 0 Å². The molecular weight excluding hydrogens is 363 g/mol. The summed E-state index contributed by atoms with van der Waals surface area (Å²) in [4.78, 5) is 25.3. The lowest BCUT2D eigenvalue weighted by molar-refractivity contribution is 0.102. The first-order chi connectivity index (χ1) is 13.6. The molecule has 1 N–H and O–H groups in total. The van der Waals surface area contributed by atoms with Crippen LogP contribution in [0.2, 0.25) is 0 Å². The minimum absolute atomic E-state index is 0.297. The Labute approximate surface area is 158 Å². The summed E-state index contributed by atoms with van der Waals surface area (Å²) in [6.07, 6.45) is 4.34. The van der Waals surface area contributed by atoms with Gasteiger partial charge in [0.25, 0.3) is 5.91 Å². The molecule has 28 heavy (non-hydrogen) atoms. The maximum Gasteiger partial charge on any atom is 0.274 e. The van der Waals surface area contributed by atoms with Gasteiger partial charge in [-0.2, -0.15) is 4.98 Å². The van der Waals surface area contributed by atoms with Gasteiger partial charge in [0.1, 0.15) is 11.9 Å². The van der Waals surface area contributed by atoms with Crippen LogP contribution in [0.4, 0.5) is 10.1 Å². The molecule has 1 amide bonds. The third-order valence-corrected chi connectivity index (χ3v) is 4.74. The van der Waals surface area contributed by atoms with Crippen LogP contribution < -0.4 is 5.32 Å². The molecule has 0 bridgehead atoms. The minimum Gasteiger partial charge on any atom is -0.339 e. The summed E-state index contributed by atoms with van der Waals surface area (Å²) in [5, 5.41) is 6.83. The molecule has 1 saturated carbocycles. The lowest BCUT2D eigenvalue weighted by atomic mass is 10.1. The predicted molar refractivity (Wildman–Crippen MR) is 97.7 cm³/mol. The fourth-order valence-corrected chi connectivity index (χ4v) is 3.00. The fourth-order valence-electron chi connectivity index (χ4n) is 3.00. The van der Waals surface area contributed by atoms with Crippen molar-refractivity contribution in [2.75, 3.05) is 5.32 Å². The Bertz CT molecular complexity index is 1200. The molecule has 3 heterocycles. The quantitative estimate of drug-likeness (QED) is 0.586. The highest BCUT2D eigenvalue weighted by molar-refractivity contribution is 6.04. The summed E-state index contributed by atoms with van der Waals surface area (Å²) in [5.74, 6) is 0.515. The maximum atomic E-state index is 13.2. The molecule has 3 aromatic heterocycles. The number of halogens is 1. The molecule has 2 atom stereocenters. The van der Waals surface area contributed by atoms with Gasteiger partial charge in [-0.1, -0.05) is 17.3 Å². The molecule has 5 rings (SSSR count). The number of benzene rings is 1. The summed E-state index contributed by atoms with van der Waals surface area (Å²) in [6, 6.07) is 7.18. The molecule has 0 radical (unpaired) electrons. The minimum atomic E-state index is -0.902. The van der Waals surface area contributed by atoms with Crippen LogP contribution in [0.5, 0.6) is 0 Å². The molecule has 1 fully saturated rings. The summed E-state index contributed by atoms with van der Waals surface area (Å²) in [5.41, 5.74) is 2.53. The first kappa shape index (κ1) is 16.5. The zero-order valence-electron chi connectivity index (χ0n) is 14.8. The standard InChI is InChI=1S/C19H15FN6O2/c1-10-3-4-11(16-24-18(28-25-16)12-8-13(12)20)7-14(10)23-17(27)15-9-22-19-21-5-2-6-26(15)19/h2-7,9,12-13H,8H2,1H3,(H,23,27)/t12-,13-/m0/s1. The topological polar surface area (TPSA) is 98.2 Å². The van der Waals surface area contributed by atoms with Crippen molar-refractivity contribution >= 4 is 17.4 Å². The van der Waals surface area contributed by atoms with Crippen LogP contribution in [0.25, 0.3) is 17.2 Å². The summed E-state index contributed by atoms with van der Waals surface area (Å²) >= 11 is 0. The highest BCUT2D eigenvalue weighted by atomic mass is 19.1. The number of nitrogens with one attached hydrogen (secondary N) is 1. The SMILES string of the molecule is Cc1ccc(-c2noc([C@H]3C[C@@H]3F)n2)cc1NC(=O)c1cnc2ncccn12. The number of anilines is 1. The number of amides is 1. The molecule has 1 aromatic carbocycles. The van der Waals surface area contributed by atoms with Crippen molar-refractivity contribution < 1.29 is 13.7 Å². The predicted octanol–water partition coefficient (Wildman–Crippen LogP) is 3.17. The van der Waals surface area contributed by atoms with Gasteiger partial charge in [-0.25, -0.2) is 14.4 Å². The summed E-state index contributed by atoms with van der Waals surface area (Å²) in [6.45, 7) is 1.88. The Morgan fingerprint density at radius 1 is 1.36 bits per heavy atom. The zero-order chi connectivity index (χ0) is 19.3. The number of hydrogen-bond acceptors (Lipinski definition) is 6.